The zero-order chi connectivity index (χ0) is 33.0. The first-order valence-corrected chi connectivity index (χ1v) is 18.1. The lowest BCUT2D eigenvalue weighted by molar-refractivity contribution is 0.339. The molecule has 2 N–H and O–H groups in total. The van der Waals surface area contributed by atoms with Gasteiger partial charge in [0.25, 0.3) is 0 Å². The van der Waals surface area contributed by atoms with Gasteiger partial charge in [-0.05, 0) is 47.4 Å². The van der Waals surface area contributed by atoms with Crippen LogP contribution < -0.4 is 10.6 Å². The Hall–Kier alpha value is -5.75. The first kappa shape index (κ1) is 29.2. The number of fused-ring (bicyclic) bond motifs is 7. The number of thiophene rings is 1. The Balaban J connectivity index is 1.10. The predicted molar refractivity (Wildman–Crippen MR) is 212 cm³/mol. The highest BCUT2D eigenvalue weighted by atomic mass is 32.1. The fourth-order valence-corrected chi connectivity index (χ4v) is 9.04. The van der Waals surface area contributed by atoms with Crippen LogP contribution in [0.3, 0.4) is 0 Å². The number of aliphatic imine (C=N–C) groups is 1. The van der Waals surface area contributed by atoms with E-state index in [4.69, 9.17) is 4.99 Å². The van der Waals surface area contributed by atoms with Crippen LogP contribution in [-0.2, 0) is 0 Å². The molecule has 0 spiro atoms. The third-order valence-corrected chi connectivity index (χ3v) is 11.4. The number of benzene rings is 6. The second-order valence-corrected chi connectivity index (χ2v) is 14.3. The molecule has 0 saturated heterocycles. The molecule has 50 heavy (non-hydrogen) atoms. The molecule has 0 saturated carbocycles. The van der Waals surface area contributed by atoms with Crippen LogP contribution in [0.15, 0.2) is 169 Å². The molecule has 2 aromatic heterocycles. The van der Waals surface area contributed by atoms with Gasteiger partial charge in [-0.3, -0.25) is 5.32 Å². The molecule has 8 aromatic rings. The second kappa shape index (κ2) is 12.0. The number of rotatable bonds is 5. The van der Waals surface area contributed by atoms with Gasteiger partial charge in [-0.2, -0.15) is 0 Å². The highest BCUT2D eigenvalue weighted by molar-refractivity contribution is 7.26. The van der Waals surface area contributed by atoms with Gasteiger partial charge in [0.1, 0.15) is 18.2 Å². The molecule has 10 rings (SSSR count). The van der Waals surface area contributed by atoms with Crippen molar-refractivity contribution < 1.29 is 0 Å². The Bertz CT molecular complexity index is 2650. The standard InChI is InChI=1S/C45H34N4S/c1-3-13-29(14-4-1)31-17-11-18-32(27-31)44-46-43(30-15-5-2-6-16-30)47-45(48-44)33-19-12-20-34(28-33)49-39-23-9-7-21-35(39)37-25-26-38-36-22-8-10-24-40(36)50-42(38)41(37)49/h1-18,20-28,33,44-45,48H,19H2,(H,46,47). The van der Waals surface area contributed by atoms with Crippen LogP contribution in [0.25, 0.3) is 58.8 Å². The number of amidine groups is 1. The van der Waals surface area contributed by atoms with E-state index in [1.165, 1.54) is 64.4 Å². The Morgan fingerprint density at radius 2 is 1.36 bits per heavy atom. The number of allylic oxidation sites excluding steroid dienone is 3. The van der Waals surface area contributed by atoms with E-state index in [0.29, 0.717) is 0 Å². The largest absolute Gasteiger partial charge is 0.350 e. The molecule has 0 fully saturated rings. The van der Waals surface area contributed by atoms with Crippen molar-refractivity contribution in [1.82, 2.24) is 15.2 Å². The molecule has 4 nitrogen and oxygen atoms in total. The molecule has 3 heterocycles. The minimum Gasteiger partial charge on any atom is -0.350 e. The third-order valence-electron chi connectivity index (χ3n) is 10.2. The van der Waals surface area contributed by atoms with Crippen LogP contribution in [0.5, 0.6) is 0 Å². The van der Waals surface area contributed by atoms with Gasteiger partial charge in [0.15, 0.2) is 0 Å². The maximum absolute atomic E-state index is 5.36. The monoisotopic (exact) mass is 662 g/mol. The average Bonchev–Trinajstić information content (AvgIpc) is 3.75. The lowest BCUT2D eigenvalue weighted by atomic mass is 9.94. The Morgan fingerprint density at radius 1 is 0.640 bits per heavy atom. The molecule has 1 aliphatic heterocycles. The van der Waals surface area contributed by atoms with Gasteiger partial charge < -0.3 is 9.88 Å². The lowest BCUT2D eigenvalue weighted by Gasteiger charge is -2.35. The predicted octanol–water partition coefficient (Wildman–Crippen LogP) is 10.9. The summed E-state index contributed by atoms with van der Waals surface area (Å²) in [5.74, 6) is 1.06. The molecule has 1 aliphatic carbocycles. The zero-order valence-corrected chi connectivity index (χ0v) is 28.1. The van der Waals surface area contributed by atoms with Crippen LogP contribution in [0.1, 0.15) is 23.7 Å². The molecule has 6 aromatic carbocycles. The molecule has 0 radical (unpaired) electrons. The van der Waals surface area contributed by atoms with E-state index in [0.717, 1.165) is 17.8 Å². The molecule has 3 unspecified atom stereocenters. The number of para-hydroxylation sites is 1. The van der Waals surface area contributed by atoms with Crippen molar-refractivity contribution >= 4 is 64.8 Å². The Morgan fingerprint density at radius 3 is 2.22 bits per heavy atom. The summed E-state index contributed by atoms with van der Waals surface area (Å²) in [6.45, 7) is 0. The first-order chi connectivity index (χ1) is 24.8. The van der Waals surface area contributed by atoms with E-state index >= 15 is 0 Å². The molecule has 0 bridgehead atoms. The number of nitrogens with zero attached hydrogens (tertiary/aromatic N) is 2. The van der Waals surface area contributed by atoms with Crippen LogP contribution in [0, 0.1) is 5.92 Å². The minimum absolute atomic E-state index is 0.106. The van der Waals surface area contributed by atoms with Crippen molar-refractivity contribution in [3.8, 4) is 11.1 Å². The first-order valence-electron chi connectivity index (χ1n) is 17.3. The summed E-state index contributed by atoms with van der Waals surface area (Å²) < 4.78 is 5.15. The smallest absolute Gasteiger partial charge is 0.131 e. The number of aromatic nitrogens is 1. The number of nitrogens with one attached hydrogen (secondary N) is 2. The van der Waals surface area contributed by atoms with Crippen molar-refractivity contribution in [2.45, 2.75) is 18.8 Å². The number of hydrogen-bond donors (Lipinski definition) is 2. The van der Waals surface area contributed by atoms with Crippen molar-refractivity contribution in [3.63, 3.8) is 0 Å². The third kappa shape index (κ3) is 4.89. The second-order valence-electron chi connectivity index (χ2n) is 13.2. The highest BCUT2D eigenvalue weighted by Crippen LogP contribution is 2.43. The van der Waals surface area contributed by atoms with E-state index in [1.54, 1.807) is 0 Å². The van der Waals surface area contributed by atoms with E-state index in [9.17, 15) is 0 Å². The van der Waals surface area contributed by atoms with Gasteiger partial charge in [0, 0.05) is 43.4 Å². The maximum Gasteiger partial charge on any atom is 0.131 e. The Kier molecular flexibility index (Phi) is 7.00. The van der Waals surface area contributed by atoms with E-state index in [-0.39, 0.29) is 18.2 Å². The summed E-state index contributed by atoms with van der Waals surface area (Å²) in [6.07, 6.45) is 7.75. The summed E-state index contributed by atoms with van der Waals surface area (Å²) in [4.78, 5) is 5.36. The van der Waals surface area contributed by atoms with Gasteiger partial charge in [-0.15, -0.1) is 11.3 Å². The zero-order valence-electron chi connectivity index (χ0n) is 27.3. The normalized spacial score (nSPS) is 19.2. The van der Waals surface area contributed by atoms with Gasteiger partial charge in [-0.25, -0.2) is 4.99 Å². The van der Waals surface area contributed by atoms with Crippen molar-refractivity contribution in [2.24, 2.45) is 10.9 Å². The van der Waals surface area contributed by atoms with Crippen LogP contribution in [0.2, 0.25) is 0 Å². The summed E-state index contributed by atoms with van der Waals surface area (Å²) in [6, 6.07) is 52.2. The Labute approximate surface area is 294 Å². The summed E-state index contributed by atoms with van der Waals surface area (Å²) in [5.41, 5.74) is 8.39. The number of hydrogen-bond acceptors (Lipinski definition) is 4. The van der Waals surface area contributed by atoms with Gasteiger partial charge >= 0.3 is 0 Å². The van der Waals surface area contributed by atoms with Crippen LogP contribution in [0.4, 0.5) is 0 Å². The fourth-order valence-electron chi connectivity index (χ4n) is 7.80. The van der Waals surface area contributed by atoms with Crippen molar-refractivity contribution in [2.75, 3.05) is 0 Å². The van der Waals surface area contributed by atoms with Gasteiger partial charge in [0.2, 0.25) is 0 Å². The van der Waals surface area contributed by atoms with Crippen LogP contribution in [-0.4, -0.2) is 16.6 Å². The molecular formula is C45H34N4S. The van der Waals surface area contributed by atoms with E-state index in [1.807, 2.05) is 11.3 Å². The summed E-state index contributed by atoms with van der Waals surface area (Å²) >= 11 is 1.89. The molecule has 5 heteroatoms. The molecule has 2 aliphatic rings. The van der Waals surface area contributed by atoms with Crippen LogP contribution >= 0.6 is 11.3 Å². The quantitative estimate of drug-likeness (QED) is 0.193. The van der Waals surface area contributed by atoms with E-state index in [2.05, 4.69) is 179 Å². The summed E-state index contributed by atoms with van der Waals surface area (Å²) in [5, 5.41) is 12.9. The molecular weight excluding hydrogens is 629 g/mol. The van der Waals surface area contributed by atoms with Crippen molar-refractivity contribution in [1.29, 1.82) is 0 Å². The van der Waals surface area contributed by atoms with E-state index < -0.39 is 0 Å². The van der Waals surface area contributed by atoms with Gasteiger partial charge in [-0.1, -0.05) is 140 Å². The molecule has 3 atom stereocenters. The SMILES string of the molecule is C1=CC(n2c3ccccc3c3ccc4c5ccccc5sc4c32)=CC(C2N=C(c3ccccc3)NC(c3cccc(-c4ccccc4)c3)N2)C1. The molecule has 0 amide bonds. The maximum atomic E-state index is 5.36. The van der Waals surface area contributed by atoms with Gasteiger partial charge in [0.05, 0.1) is 15.7 Å². The van der Waals surface area contributed by atoms with Crippen molar-refractivity contribution in [3.05, 3.63) is 175 Å². The average molecular weight is 663 g/mol. The topological polar surface area (TPSA) is 41.4 Å². The summed E-state index contributed by atoms with van der Waals surface area (Å²) in [7, 11) is 0. The lowest BCUT2D eigenvalue weighted by Crippen LogP contribution is -2.50. The molecule has 240 valence electrons. The fraction of sp³-hybridized carbons (Fsp3) is 0.0889. The highest BCUT2D eigenvalue weighted by Gasteiger charge is 2.30. The minimum atomic E-state index is -0.130.